The Morgan fingerprint density at radius 1 is 1.05 bits per heavy atom. The summed E-state index contributed by atoms with van der Waals surface area (Å²) >= 11 is 0. The largest absolute Gasteiger partial charge is 0.497 e. The molecule has 2 saturated heterocycles. The quantitative estimate of drug-likeness (QED) is 0.534. The van der Waals surface area contributed by atoms with Crippen molar-refractivity contribution in [2.45, 2.75) is 77.9 Å². The second kappa shape index (κ2) is 12.0. The Bertz CT molecular complexity index is 994. The summed E-state index contributed by atoms with van der Waals surface area (Å²) in [4.78, 5) is 53.9. The third-order valence-corrected chi connectivity index (χ3v) is 7.15. The minimum atomic E-state index is -0.760. The number of piperidine rings is 1. The first-order chi connectivity index (χ1) is 17.4. The molecule has 2 aliphatic rings. The van der Waals surface area contributed by atoms with Gasteiger partial charge in [0.15, 0.2) is 0 Å². The van der Waals surface area contributed by atoms with Gasteiger partial charge in [0.05, 0.1) is 13.5 Å². The maximum atomic E-state index is 13.3. The summed E-state index contributed by atoms with van der Waals surface area (Å²) < 4.78 is 10.6. The third-order valence-electron chi connectivity index (χ3n) is 7.15. The summed E-state index contributed by atoms with van der Waals surface area (Å²) in [7, 11) is 1.61. The van der Waals surface area contributed by atoms with E-state index >= 15 is 0 Å². The van der Waals surface area contributed by atoms with Crippen LogP contribution in [-0.4, -0.2) is 78.4 Å². The number of methoxy groups -OCH3 is 1. The van der Waals surface area contributed by atoms with Crippen LogP contribution in [0.3, 0.4) is 0 Å². The predicted molar refractivity (Wildman–Crippen MR) is 139 cm³/mol. The SMILES string of the molecule is COc1cccc(CC(=O)N2CCC3(CC2)CCN(C(=O)[C@H](CCC(=O)OC(C)(C)C)NC(C)=O)C3)c1. The van der Waals surface area contributed by atoms with Crippen molar-refractivity contribution in [2.24, 2.45) is 5.41 Å². The minimum Gasteiger partial charge on any atom is -0.497 e. The monoisotopic (exact) mass is 515 g/mol. The molecular weight excluding hydrogens is 474 g/mol. The smallest absolute Gasteiger partial charge is 0.306 e. The Hall–Kier alpha value is -3.10. The zero-order chi connectivity index (χ0) is 27.2. The van der Waals surface area contributed by atoms with Gasteiger partial charge in [0.1, 0.15) is 17.4 Å². The first kappa shape index (κ1) is 28.5. The molecule has 2 fully saturated rings. The Labute approximate surface area is 219 Å². The van der Waals surface area contributed by atoms with E-state index in [2.05, 4.69) is 5.32 Å². The highest BCUT2D eigenvalue weighted by atomic mass is 16.6. The second-order valence-electron chi connectivity index (χ2n) is 11.3. The van der Waals surface area contributed by atoms with E-state index in [9.17, 15) is 19.2 Å². The van der Waals surface area contributed by atoms with E-state index in [1.54, 1.807) is 27.9 Å². The number of rotatable bonds is 8. The van der Waals surface area contributed by atoms with Gasteiger partial charge in [0.25, 0.3) is 0 Å². The number of carbonyl (C=O) groups is 4. The highest BCUT2D eigenvalue weighted by Crippen LogP contribution is 2.40. The van der Waals surface area contributed by atoms with Gasteiger partial charge in [0.2, 0.25) is 17.7 Å². The molecule has 1 aromatic rings. The van der Waals surface area contributed by atoms with E-state index < -0.39 is 11.6 Å². The van der Waals surface area contributed by atoms with Crippen LogP contribution in [-0.2, 0) is 30.3 Å². The van der Waals surface area contributed by atoms with Crippen molar-refractivity contribution >= 4 is 23.7 Å². The van der Waals surface area contributed by atoms with Gasteiger partial charge in [-0.05, 0) is 69.6 Å². The lowest BCUT2D eigenvalue weighted by Gasteiger charge is -2.39. The molecule has 2 aliphatic heterocycles. The summed E-state index contributed by atoms with van der Waals surface area (Å²) in [6.07, 6.45) is 3.13. The van der Waals surface area contributed by atoms with Gasteiger partial charge in [0, 0.05) is 39.5 Å². The van der Waals surface area contributed by atoms with Crippen molar-refractivity contribution in [3.05, 3.63) is 29.8 Å². The lowest BCUT2D eigenvalue weighted by atomic mass is 9.77. The molecule has 3 amide bonds. The Morgan fingerprint density at radius 3 is 2.30 bits per heavy atom. The van der Waals surface area contributed by atoms with Gasteiger partial charge in [-0.15, -0.1) is 0 Å². The Morgan fingerprint density at radius 2 is 1.70 bits per heavy atom. The van der Waals surface area contributed by atoms with Crippen molar-refractivity contribution in [1.82, 2.24) is 15.1 Å². The van der Waals surface area contributed by atoms with Gasteiger partial charge in [-0.2, -0.15) is 0 Å². The molecule has 3 rings (SSSR count). The summed E-state index contributed by atoms with van der Waals surface area (Å²) in [5.74, 6) is -0.0184. The van der Waals surface area contributed by atoms with Crippen molar-refractivity contribution in [3.8, 4) is 5.75 Å². The van der Waals surface area contributed by atoms with Crippen molar-refractivity contribution in [3.63, 3.8) is 0 Å². The molecule has 9 nitrogen and oxygen atoms in total. The molecule has 1 atom stereocenters. The molecule has 1 aromatic carbocycles. The first-order valence-corrected chi connectivity index (χ1v) is 13.1. The standard InChI is InChI=1S/C28H41N3O6/c1-20(32)29-23(9-10-25(34)37-27(2,3)4)26(35)31-16-13-28(19-31)11-14-30(15-12-28)24(33)18-21-7-6-8-22(17-21)36-5/h6-8,17,23H,9-16,18-19H2,1-5H3,(H,29,32)/t23-/m0/s1. The molecule has 0 bridgehead atoms. The maximum Gasteiger partial charge on any atom is 0.306 e. The topological polar surface area (TPSA) is 105 Å². The van der Waals surface area contributed by atoms with E-state index in [1.807, 2.05) is 34.1 Å². The van der Waals surface area contributed by atoms with E-state index in [0.717, 1.165) is 30.6 Å². The van der Waals surface area contributed by atoms with E-state index in [1.165, 1.54) is 6.92 Å². The molecule has 0 saturated carbocycles. The number of benzene rings is 1. The van der Waals surface area contributed by atoms with Crippen LogP contribution in [0.25, 0.3) is 0 Å². The second-order valence-corrected chi connectivity index (χ2v) is 11.3. The molecule has 0 radical (unpaired) electrons. The number of carbonyl (C=O) groups excluding carboxylic acids is 4. The van der Waals surface area contributed by atoms with Crippen LogP contribution in [0.2, 0.25) is 0 Å². The van der Waals surface area contributed by atoms with Gasteiger partial charge < -0.3 is 24.6 Å². The van der Waals surface area contributed by atoms with E-state index in [4.69, 9.17) is 9.47 Å². The van der Waals surface area contributed by atoms with E-state index in [-0.39, 0.29) is 41.9 Å². The highest BCUT2D eigenvalue weighted by Gasteiger charge is 2.44. The van der Waals surface area contributed by atoms with Crippen LogP contribution in [0.1, 0.15) is 65.4 Å². The normalized spacial score (nSPS) is 17.9. The van der Waals surface area contributed by atoms with Gasteiger partial charge in [-0.1, -0.05) is 12.1 Å². The molecule has 0 aliphatic carbocycles. The lowest BCUT2D eigenvalue weighted by Crippen LogP contribution is -2.49. The summed E-state index contributed by atoms with van der Waals surface area (Å²) in [6, 6.07) is 6.81. The maximum absolute atomic E-state index is 13.3. The average molecular weight is 516 g/mol. The summed E-state index contributed by atoms with van der Waals surface area (Å²) in [6.45, 7) is 9.30. The fraction of sp³-hybridized carbons (Fsp3) is 0.643. The number of nitrogens with one attached hydrogen (secondary N) is 1. The summed E-state index contributed by atoms with van der Waals surface area (Å²) in [5, 5.41) is 2.72. The molecule has 1 N–H and O–H groups in total. The van der Waals surface area contributed by atoms with Crippen molar-refractivity contribution < 1.29 is 28.7 Å². The number of hydrogen-bond acceptors (Lipinski definition) is 6. The fourth-order valence-corrected chi connectivity index (χ4v) is 5.21. The number of amides is 3. The van der Waals surface area contributed by atoms with Gasteiger partial charge in [-0.3, -0.25) is 19.2 Å². The molecule has 204 valence electrons. The molecule has 9 heteroatoms. The highest BCUT2D eigenvalue weighted by molar-refractivity contribution is 5.87. The average Bonchev–Trinajstić information content (AvgIpc) is 3.23. The molecule has 0 aromatic heterocycles. The third kappa shape index (κ3) is 8.20. The first-order valence-electron chi connectivity index (χ1n) is 13.1. The van der Waals surface area contributed by atoms with E-state index in [0.29, 0.717) is 32.6 Å². The minimum absolute atomic E-state index is 0.0195. The van der Waals surface area contributed by atoms with Gasteiger partial charge >= 0.3 is 5.97 Å². The molecule has 37 heavy (non-hydrogen) atoms. The van der Waals surface area contributed by atoms with Crippen LogP contribution in [0, 0.1) is 5.41 Å². The van der Waals surface area contributed by atoms with Crippen LogP contribution in [0.15, 0.2) is 24.3 Å². The number of hydrogen-bond donors (Lipinski definition) is 1. The van der Waals surface area contributed by atoms with Crippen LogP contribution < -0.4 is 10.1 Å². The van der Waals surface area contributed by atoms with Crippen molar-refractivity contribution in [2.75, 3.05) is 33.3 Å². The van der Waals surface area contributed by atoms with Crippen LogP contribution in [0.4, 0.5) is 0 Å². The number of esters is 1. The number of likely N-dealkylation sites (tertiary alicyclic amines) is 2. The Kier molecular flexibility index (Phi) is 9.21. The molecule has 1 spiro atoms. The summed E-state index contributed by atoms with van der Waals surface area (Å²) in [5.41, 5.74) is 0.308. The zero-order valence-electron chi connectivity index (χ0n) is 22.8. The lowest BCUT2D eigenvalue weighted by molar-refractivity contribution is -0.155. The van der Waals surface area contributed by atoms with Gasteiger partial charge in [-0.25, -0.2) is 0 Å². The molecule has 2 heterocycles. The van der Waals surface area contributed by atoms with Crippen LogP contribution in [0.5, 0.6) is 5.75 Å². The zero-order valence-corrected chi connectivity index (χ0v) is 22.8. The number of ether oxygens (including phenoxy) is 2. The predicted octanol–water partition coefficient (Wildman–Crippen LogP) is 2.71. The van der Waals surface area contributed by atoms with Crippen molar-refractivity contribution in [1.29, 1.82) is 0 Å². The molecule has 0 unspecified atom stereocenters. The fourth-order valence-electron chi connectivity index (χ4n) is 5.21. The molecular formula is C28H41N3O6. The Balaban J connectivity index is 1.53. The van der Waals surface area contributed by atoms with Crippen LogP contribution >= 0.6 is 0 Å². The number of nitrogens with zero attached hydrogens (tertiary/aromatic N) is 2.